The lowest BCUT2D eigenvalue weighted by atomic mass is 9.95. The molecule has 0 aliphatic carbocycles. The van der Waals surface area contributed by atoms with E-state index in [0.29, 0.717) is 18.0 Å². The number of halogens is 1. The average Bonchev–Trinajstić information content (AvgIpc) is 2.18. The molecule has 1 aromatic carbocycles. The third kappa shape index (κ3) is 5.53. The number of aliphatic hydroxyl groups is 1. The monoisotopic (exact) mass is 255 g/mol. The zero-order valence-corrected chi connectivity index (χ0v) is 11.8. The second-order valence-corrected chi connectivity index (χ2v) is 6.28. The molecule has 1 atom stereocenters. The molecule has 1 rings (SSSR count). The van der Waals surface area contributed by atoms with Crippen molar-refractivity contribution in [3.05, 3.63) is 34.9 Å². The summed E-state index contributed by atoms with van der Waals surface area (Å²) in [5.74, 6) is 0. The lowest BCUT2D eigenvalue weighted by Gasteiger charge is -2.29. The Hall–Kier alpha value is -0.570. The van der Waals surface area contributed by atoms with Gasteiger partial charge in [0.25, 0.3) is 0 Å². The van der Waals surface area contributed by atoms with E-state index in [1.54, 1.807) is 0 Å². The van der Waals surface area contributed by atoms with Gasteiger partial charge in [-0.1, -0.05) is 29.8 Å². The lowest BCUT2D eigenvalue weighted by Crippen LogP contribution is -2.47. The minimum atomic E-state index is -0.793. The van der Waals surface area contributed by atoms with Crippen molar-refractivity contribution in [3.8, 4) is 0 Å². The fourth-order valence-electron chi connectivity index (χ4n) is 1.57. The molecule has 96 valence electrons. The van der Waals surface area contributed by atoms with Crippen LogP contribution in [0.25, 0.3) is 0 Å². The second kappa shape index (κ2) is 5.38. The van der Waals surface area contributed by atoms with Crippen LogP contribution in [0.15, 0.2) is 24.3 Å². The van der Waals surface area contributed by atoms with Crippen molar-refractivity contribution in [1.82, 2.24) is 5.32 Å². The van der Waals surface area contributed by atoms with Crippen molar-refractivity contribution in [2.45, 2.75) is 45.3 Å². The van der Waals surface area contributed by atoms with E-state index in [0.717, 1.165) is 5.56 Å². The van der Waals surface area contributed by atoms with Crippen LogP contribution in [0.2, 0.25) is 5.02 Å². The maximum Gasteiger partial charge on any atom is 0.0784 e. The Labute approximate surface area is 109 Å². The number of hydrogen-bond donors (Lipinski definition) is 2. The minimum absolute atomic E-state index is 0.00444. The smallest absolute Gasteiger partial charge is 0.0784 e. The quantitative estimate of drug-likeness (QED) is 0.867. The van der Waals surface area contributed by atoms with Gasteiger partial charge in [0.05, 0.1) is 5.60 Å². The molecule has 0 aliphatic heterocycles. The molecule has 3 heteroatoms. The zero-order valence-electron chi connectivity index (χ0n) is 11.0. The summed E-state index contributed by atoms with van der Waals surface area (Å²) in [4.78, 5) is 0. The SMILES string of the molecule is CC(O)(CNC(C)(C)C)Cc1ccccc1Cl. The maximum absolute atomic E-state index is 10.3. The highest BCUT2D eigenvalue weighted by Gasteiger charge is 2.24. The molecular weight excluding hydrogens is 234 g/mol. The van der Waals surface area contributed by atoms with Gasteiger partial charge in [0.1, 0.15) is 0 Å². The van der Waals surface area contributed by atoms with Crippen LogP contribution in [0.5, 0.6) is 0 Å². The highest BCUT2D eigenvalue weighted by Crippen LogP contribution is 2.21. The molecular formula is C14H22ClNO. The van der Waals surface area contributed by atoms with Gasteiger partial charge in [-0.3, -0.25) is 0 Å². The van der Waals surface area contributed by atoms with E-state index in [-0.39, 0.29) is 5.54 Å². The highest BCUT2D eigenvalue weighted by molar-refractivity contribution is 6.31. The molecule has 0 spiro atoms. The van der Waals surface area contributed by atoms with Crippen molar-refractivity contribution >= 4 is 11.6 Å². The van der Waals surface area contributed by atoms with E-state index in [4.69, 9.17) is 11.6 Å². The Morgan fingerprint density at radius 1 is 1.18 bits per heavy atom. The van der Waals surface area contributed by atoms with E-state index in [1.807, 2.05) is 31.2 Å². The normalized spacial score (nSPS) is 15.6. The Bertz CT molecular complexity index is 369. The fourth-order valence-corrected chi connectivity index (χ4v) is 1.77. The molecule has 0 amide bonds. The summed E-state index contributed by atoms with van der Waals surface area (Å²) < 4.78 is 0. The van der Waals surface area contributed by atoms with Gasteiger partial charge in [-0.2, -0.15) is 0 Å². The first kappa shape index (κ1) is 14.5. The van der Waals surface area contributed by atoms with Crippen molar-refractivity contribution < 1.29 is 5.11 Å². The van der Waals surface area contributed by atoms with Crippen LogP contribution in [0.4, 0.5) is 0 Å². The van der Waals surface area contributed by atoms with Crippen LogP contribution in [-0.2, 0) is 6.42 Å². The first-order chi connectivity index (χ1) is 7.70. The molecule has 0 aliphatic rings. The van der Waals surface area contributed by atoms with Gasteiger partial charge < -0.3 is 10.4 Å². The van der Waals surface area contributed by atoms with Gasteiger partial charge in [-0.15, -0.1) is 0 Å². The van der Waals surface area contributed by atoms with Crippen LogP contribution < -0.4 is 5.32 Å². The first-order valence-corrected chi connectivity index (χ1v) is 6.28. The predicted molar refractivity (Wildman–Crippen MR) is 73.5 cm³/mol. The summed E-state index contributed by atoms with van der Waals surface area (Å²) in [6.07, 6.45) is 0.551. The second-order valence-electron chi connectivity index (χ2n) is 5.87. The van der Waals surface area contributed by atoms with Gasteiger partial charge >= 0.3 is 0 Å². The zero-order chi connectivity index (χ0) is 13.1. The maximum atomic E-state index is 10.3. The highest BCUT2D eigenvalue weighted by atomic mass is 35.5. The Morgan fingerprint density at radius 2 is 1.76 bits per heavy atom. The summed E-state index contributed by atoms with van der Waals surface area (Å²) in [6, 6.07) is 7.64. The Balaban J connectivity index is 2.64. The third-order valence-electron chi connectivity index (χ3n) is 2.53. The average molecular weight is 256 g/mol. The number of nitrogens with one attached hydrogen (secondary N) is 1. The van der Waals surface area contributed by atoms with Crippen molar-refractivity contribution in [3.63, 3.8) is 0 Å². The predicted octanol–water partition coefficient (Wildman–Crippen LogP) is 3.02. The van der Waals surface area contributed by atoms with Crippen molar-refractivity contribution in [2.75, 3.05) is 6.54 Å². The molecule has 0 heterocycles. The van der Waals surface area contributed by atoms with Crippen LogP contribution >= 0.6 is 11.6 Å². The largest absolute Gasteiger partial charge is 0.389 e. The molecule has 0 bridgehead atoms. The number of β-amino-alcohol motifs (C(OH)–C–C–N with tert-alkyl or cyclic N) is 1. The number of rotatable bonds is 4. The molecule has 1 aromatic rings. The molecule has 0 saturated carbocycles. The van der Waals surface area contributed by atoms with Gasteiger partial charge in [-0.25, -0.2) is 0 Å². The first-order valence-electron chi connectivity index (χ1n) is 5.90. The van der Waals surface area contributed by atoms with Crippen LogP contribution in [0.3, 0.4) is 0 Å². The summed E-state index contributed by atoms with van der Waals surface area (Å²) in [6.45, 7) is 8.62. The third-order valence-corrected chi connectivity index (χ3v) is 2.90. The lowest BCUT2D eigenvalue weighted by molar-refractivity contribution is 0.0535. The van der Waals surface area contributed by atoms with Gasteiger partial charge in [0, 0.05) is 23.5 Å². The molecule has 17 heavy (non-hydrogen) atoms. The van der Waals surface area contributed by atoms with Gasteiger partial charge in [0.15, 0.2) is 0 Å². The summed E-state index contributed by atoms with van der Waals surface area (Å²) in [5.41, 5.74) is 0.192. The fraction of sp³-hybridized carbons (Fsp3) is 0.571. The molecule has 2 nitrogen and oxygen atoms in total. The minimum Gasteiger partial charge on any atom is -0.389 e. The van der Waals surface area contributed by atoms with E-state index in [9.17, 15) is 5.11 Å². The summed E-state index contributed by atoms with van der Waals surface area (Å²) in [5, 5.41) is 14.4. The Kier molecular flexibility index (Phi) is 4.59. The van der Waals surface area contributed by atoms with Crippen LogP contribution in [-0.4, -0.2) is 22.8 Å². The number of benzene rings is 1. The number of hydrogen-bond acceptors (Lipinski definition) is 2. The Morgan fingerprint density at radius 3 is 2.29 bits per heavy atom. The topological polar surface area (TPSA) is 32.3 Å². The summed E-state index contributed by atoms with van der Waals surface area (Å²) in [7, 11) is 0. The van der Waals surface area contributed by atoms with E-state index >= 15 is 0 Å². The van der Waals surface area contributed by atoms with E-state index < -0.39 is 5.60 Å². The van der Waals surface area contributed by atoms with Crippen LogP contribution in [0.1, 0.15) is 33.3 Å². The molecule has 2 N–H and O–H groups in total. The molecule has 0 aromatic heterocycles. The van der Waals surface area contributed by atoms with E-state index in [1.165, 1.54) is 0 Å². The van der Waals surface area contributed by atoms with E-state index in [2.05, 4.69) is 26.1 Å². The van der Waals surface area contributed by atoms with Gasteiger partial charge in [-0.05, 0) is 39.3 Å². The molecule has 0 radical (unpaired) electrons. The molecule has 0 saturated heterocycles. The summed E-state index contributed by atoms with van der Waals surface area (Å²) >= 11 is 6.09. The molecule has 1 unspecified atom stereocenters. The molecule has 0 fully saturated rings. The van der Waals surface area contributed by atoms with Gasteiger partial charge in [0.2, 0.25) is 0 Å². The van der Waals surface area contributed by atoms with Crippen molar-refractivity contribution in [2.24, 2.45) is 0 Å². The standard InChI is InChI=1S/C14H22ClNO/c1-13(2,3)16-10-14(4,17)9-11-7-5-6-8-12(11)15/h5-8,16-17H,9-10H2,1-4H3. The van der Waals surface area contributed by atoms with Crippen molar-refractivity contribution in [1.29, 1.82) is 0 Å². The van der Waals surface area contributed by atoms with Crippen LogP contribution in [0, 0.1) is 0 Å².